The first-order valence-corrected chi connectivity index (χ1v) is 12.1. The van der Waals surface area contributed by atoms with E-state index < -0.39 is 12.1 Å². The zero-order chi connectivity index (χ0) is 24.3. The van der Waals surface area contributed by atoms with Crippen molar-refractivity contribution in [2.75, 3.05) is 6.61 Å². The number of carboxylic acid groups (broad SMARTS) is 1. The second kappa shape index (κ2) is 10.6. The molecule has 0 amide bonds. The van der Waals surface area contributed by atoms with Gasteiger partial charge in [0, 0.05) is 10.4 Å². The van der Waals surface area contributed by atoms with Crippen molar-refractivity contribution >= 4 is 61.6 Å². The number of nitrogens with zero attached hydrogens (tertiary/aromatic N) is 3. The molecule has 0 saturated carbocycles. The van der Waals surface area contributed by atoms with E-state index in [1.807, 2.05) is 26.8 Å². The highest BCUT2D eigenvalue weighted by atomic mass is 127. The zero-order valence-corrected chi connectivity index (χ0v) is 22.2. The number of carbonyl (C=O) groups is 1. The standard InChI is InChI=1S/C23H23BrIN3O5/c1-5-32-19-9-14(8-17(25)20(19)33-13(4)23(30)31)11-26-28-21(12(2)3)27-18-7-6-15(24)10-16(18)22(28)29/h6-13H,5H2,1-4H3,(H,30,31)/t13-/m0/s1. The molecule has 0 unspecified atom stereocenters. The smallest absolute Gasteiger partial charge is 0.344 e. The summed E-state index contributed by atoms with van der Waals surface area (Å²) in [7, 11) is 0. The SMILES string of the molecule is CCOc1cc(C=Nn2c(C(C)C)nc3ccc(Br)cc3c2=O)cc(I)c1O[C@@H](C)C(=O)O. The molecule has 0 bridgehead atoms. The van der Waals surface area contributed by atoms with Gasteiger partial charge in [0.1, 0.15) is 5.82 Å². The maximum Gasteiger partial charge on any atom is 0.344 e. The van der Waals surface area contributed by atoms with Gasteiger partial charge in [-0.05, 0) is 72.3 Å². The molecule has 1 aromatic heterocycles. The Morgan fingerprint density at radius 2 is 2.03 bits per heavy atom. The molecule has 10 heteroatoms. The van der Waals surface area contributed by atoms with Crippen LogP contribution < -0.4 is 15.0 Å². The number of benzene rings is 2. The fourth-order valence-electron chi connectivity index (χ4n) is 3.04. The highest BCUT2D eigenvalue weighted by Gasteiger charge is 2.19. The third kappa shape index (κ3) is 5.72. The van der Waals surface area contributed by atoms with Crippen LogP contribution in [0.5, 0.6) is 11.5 Å². The van der Waals surface area contributed by atoms with Crippen molar-refractivity contribution in [3.63, 3.8) is 0 Å². The van der Waals surface area contributed by atoms with Crippen molar-refractivity contribution in [3.05, 3.63) is 60.1 Å². The van der Waals surface area contributed by atoms with Gasteiger partial charge in [-0.15, -0.1) is 0 Å². The van der Waals surface area contributed by atoms with Crippen molar-refractivity contribution in [2.24, 2.45) is 5.10 Å². The molecule has 174 valence electrons. The molecule has 0 spiro atoms. The predicted octanol–water partition coefficient (Wildman–Crippen LogP) is 5.02. The van der Waals surface area contributed by atoms with E-state index in [-0.39, 0.29) is 11.5 Å². The van der Waals surface area contributed by atoms with Crippen LogP contribution in [0, 0.1) is 3.57 Å². The third-order valence-electron chi connectivity index (χ3n) is 4.65. The largest absolute Gasteiger partial charge is 0.490 e. The van der Waals surface area contributed by atoms with Crippen LogP contribution in [0.4, 0.5) is 0 Å². The number of carboxylic acids is 1. The fraction of sp³-hybridized carbons (Fsp3) is 0.304. The highest BCUT2D eigenvalue weighted by Crippen LogP contribution is 2.34. The Labute approximate surface area is 212 Å². The van der Waals surface area contributed by atoms with Crippen LogP contribution in [-0.4, -0.2) is 39.7 Å². The number of hydrogen-bond donors (Lipinski definition) is 1. The second-order valence-electron chi connectivity index (χ2n) is 7.51. The van der Waals surface area contributed by atoms with Gasteiger partial charge in [0.15, 0.2) is 17.6 Å². The molecule has 0 saturated heterocycles. The molecular formula is C23H23BrIN3O5. The Balaban J connectivity index is 2.09. The van der Waals surface area contributed by atoms with Crippen LogP contribution in [0.1, 0.15) is 45.0 Å². The molecule has 8 nitrogen and oxygen atoms in total. The molecule has 1 N–H and O–H groups in total. The maximum absolute atomic E-state index is 13.2. The predicted molar refractivity (Wildman–Crippen MR) is 139 cm³/mol. The fourth-order valence-corrected chi connectivity index (χ4v) is 4.16. The molecule has 1 heterocycles. The Morgan fingerprint density at radius 3 is 2.67 bits per heavy atom. The van der Waals surface area contributed by atoms with Crippen LogP contribution in [0.25, 0.3) is 10.9 Å². The van der Waals surface area contributed by atoms with Crippen molar-refractivity contribution in [2.45, 2.75) is 39.7 Å². The minimum absolute atomic E-state index is 0.0321. The summed E-state index contributed by atoms with van der Waals surface area (Å²) in [4.78, 5) is 29.0. The van der Waals surface area contributed by atoms with Gasteiger partial charge < -0.3 is 14.6 Å². The third-order valence-corrected chi connectivity index (χ3v) is 5.94. The van der Waals surface area contributed by atoms with E-state index >= 15 is 0 Å². The van der Waals surface area contributed by atoms with E-state index in [1.54, 1.807) is 30.5 Å². The number of ether oxygens (including phenoxy) is 2. The van der Waals surface area contributed by atoms with Crippen LogP contribution in [-0.2, 0) is 4.79 Å². The van der Waals surface area contributed by atoms with Gasteiger partial charge in [-0.3, -0.25) is 4.79 Å². The summed E-state index contributed by atoms with van der Waals surface area (Å²) in [6, 6.07) is 8.85. The number of rotatable bonds is 8. The van der Waals surface area contributed by atoms with Gasteiger partial charge in [0.2, 0.25) is 0 Å². The first-order chi connectivity index (χ1) is 15.6. The summed E-state index contributed by atoms with van der Waals surface area (Å²) < 4.78 is 14.0. The molecule has 2 aromatic carbocycles. The Bertz CT molecular complexity index is 1290. The van der Waals surface area contributed by atoms with E-state index in [2.05, 4.69) is 48.6 Å². The molecule has 1 atom stereocenters. The lowest BCUT2D eigenvalue weighted by atomic mass is 10.2. The number of hydrogen-bond acceptors (Lipinski definition) is 6. The Morgan fingerprint density at radius 1 is 1.30 bits per heavy atom. The molecule has 0 fully saturated rings. The number of aromatic nitrogens is 2. The highest BCUT2D eigenvalue weighted by molar-refractivity contribution is 14.1. The van der Waals surface area contributed by atoms with Gasteiger partial charge in [-0.2, -0.15) is 9.78 Å². The van der Waals surface area contributed by atoms with E-state index in [0.29, 0.717) is 44.0 Å². The van der Waals surface area contributed by atoms with Crippen molar-refractivity contribution < 1.29 is 19.4 Å². The Hall–Kier alpha value is -2.47. The summed E-state index contributed by atoms with van der Waals surface area (Å²) >= 11 is 5.46. The lowest BCUT2D eigenvalue weighted by Gasteiger charge is -2.17. The van der Waals surface area contributed by atoms with Crippen LogP contribution in [0.15, 0.2) is 44.7 Å². The Kier molecular flexibility index (Phi) is 8.11. The van der Waals surface area contributed by atoms with Gasteiger partial charge in [0.05, 0.1) is 27.3 Å². The van der Waals surface area contributed by atoms with E-state index in [1.165, 1.54) is 11.6 Å². The lowest BCUT2D eigenvalue weighted by Crippen LogP contribution is -2.24. The minimum atomic E-state index is -1.07. The van der Waals surface area contributed by atoms with Gasteiger partial charge in [-0.1, -0.05) is 29.8 Å². The van der Waals surface area contributed by atoms with E-state index in [0.717, 1.165) is 4.47 Å². The van der Waals surface area contributed by atoms with E-state index in [4.69, 9.17) is 9.47 Å². The van der Waals surface area contributed by atoms with Crippen LogP contribution in [0.2, 0.25) is 0 Å². The van der Waals surface area contributed by atoms with Gasteiger partial charge in [-0.25, -0.2) is 9.78 Å². The van der Waals surface area contributed by atoms with Crippen LogP contribution >= 0.6 is 38.5 Å². The first-order valence-electron chi connectivity index (χ1n) is 10.2. The number of fused-ring (bicyclic) bond motifs is 1. The summed E-state index contributed by atoms with van der Waals surface area (Å²) in [6.07, 6.45) is 0.515. The van der Waals surface area contributed by atoms with Crippen LogP contribution in [0.3, 0.4) is 0 Å². The molecule has 0 radical (unpaired) electrons. The van der Waals surface area contributed by atoms with Gasteiger partial charge in [0.25, 0.3) is 5.56 Å². The van der Waals surface area contributed by atoms with Crippen molar-refractivity contribution in [1.82, 2.24) is 9.66 Å². The number of aliphatic carboxylic acids is 1. The van der Waals surface area contributed by atoms with Crippen molar-refractivity contribution in [3.8, 4) is 11.5 Å². The zero-order valence-electron chi connectivity index (χ0n) is 18.5. The first kappa shape index (κ1) is 25.2. The average Bonchev–Trinajstić information content (AvgIpc) is 2.75. The van der Waals surface area contributed by atoms with Gasteiger partial charge >= 0.3 is 5.97 Å². The molecule has 33 heavy (non-hydrogen) atoms. The van der Waals surface area contributed by atoms with E-state index in [9.17, 15) is 14.7 Å². The lowest BCUT2D eigenvalue weighted by molar-refractivity contribution is -0.144. The average molecular weight is 628 g/mol. The topological polar surface area (TPSA) is 103 Å². The molecule has 0 aliphatic carbocycles. The monoisotopic (exact) mass is 627 g/mol. The maximum atomic E-state index is 13.2. The molecule has 0 aliphatic rings. The number of halogens is 2. The molecule has 3 aromatic rings. The summed E-state index contributed by atoms with van der Waals surface area (Å²) in [6.45, 7) is 7.55. The molecular weight excluding hydrogens is 605 g/mol. The molecule has 0 aliphatic heterocycles. The minimum Gasteiger partial charge on any atom is -0.490 e. The summed E-state index contributed by atoms with van der Waals surface area (Å²) in [5.41, 5.74) is 1.01. The second-order valence-corrected chi connectivity index (χ2v) is 9.59. The molecule has 3 rings (SSSR count). The quantitative estimate of drug-likeness (QED) is 0.278. The normalized spacial score (nSPS) is 12.5. The summed E-state index contributed by atoms with van der Waals surface area (Å²) in [5.74, 6) is 0.184. The summed E-state index contributed by atoms with van der Waals surface area (Å²) in [5, 5.41) is 14.1. The van der Waals surface area contributed by atoms with Crippen molar-refractivity contribution in [1.29, 1.82) is 0 Å².